The molecule has 0 aromatic carbocycles. The average Bonchev–Trinajstić information content (AvgIpc) is 2.59. The summed E-state index contributed by atoms with van der Waals surface area (Å²) in [7, 11) is 1.75. The molecule has 2 saturated carbocycles. The molecule has 0 radical (unpaired) electrons. The first-order valence-electron chi connectivity index (χ1n) is 4.10. The number of hydrogen-bond donors (Lipinski definition) is 2. The first-order chi connectivity index (χ1) is 5.18. The van der Waals surface area contributed by atoms with Crippen molar-refractivity contribution in [3.8, 4) is 0 Å². The molecular weight excluding hydrogens is 142 g/mol. The van der Waals surface area contributed by atoms with Crippen molar-refractivity contribution in [1.29, 1.82) is 0 Å². The van der Waals surface area contributed by atoms with E-state index in [2.05, 4.69) is 5.32 Å². The molecule has 2 fully saturated rings. The van der Waals surface area contributed by atoms with Crippen LogP contribution in [0.3, 0.4) is 0 Å². The lowest BCUT2D eigenvalue weighted by Crippen LogP contribution is -2.48. The fourth-order valence-corrected chi connectivity index (χ4v) is 2.27. The van der Waals surface area contributed by atoms with E-state index < -0.39 is 11.5 Å². The van der Waals surface area contributed by atoms with Crippen LogP contribution >= 0.6 is 0 Å². The zero-order valence-electron chi connectivity index (χ0n) is 6.63. The fourth-order valence-electron chi connectivity index (χ4n) is 2.27. The van der Waals surface area contributed by atoms with Crippen molar-refractivity contribution in [3.05, 3.63) is 0 Å². The third kappa shape index (κ3) is 0.872. The van der Waals surface area contributed by atoms with E-state index >= 15 is 0 Å². The summed E-state index contributed by atoms with van der Waals surface area (Å²) >= 11 is 0. The van der Waals surface area contributed by atoms with Crippen LogP contribution in [0, 0.1) is 11.8 Å². The zero-order chi connectivity index (χ0) is 8.06. The molecule has 2 aliphatic carbocycles. The maximum Gasteiger partial charge on any atom is 0.323 e. The van der Waals surface area contributed by atoms with E-state index in [1.807, 2.05) is 0 Å². The number of carbonyl (C=O) groups is 1. The molecule has 0 aromatic heterocycles. The molecule has 2 atom stereocenters. The van der Waals surface area contributed by atoms with Crippen LogP contribution in [0.5, 0.6) is 0 Å². The third-order valence-electron chi connectivity index (χ3n) is 3.18. The van der Waals surface area contributed by atoms with Crippen LogP contribution in [0.15, 0.2) is 0 Å². The first-order valence-corrected chi connectivity index (χ1v) is 4.10. The molecule has 0 heterocycles. The summed E-state index contributed by atoms with van der Waals surface area (Å²) in [5.41, 5.74) is -0.576. The van der Waals surface area contributed by atoms with Gasteiger partial charge >= 0.3 is 5.97 Å². The van der Waals surface area contributed by atoms with Crippen LogP contribution in [0.25, 0.3) is 0 Å². The fraction of sp³-hybridized carbons (Fsp3) is 0.875. The number of hydrogen-bond acceptors (Lipinski definition) is 2. The molecular formula is C8H13NO2. The van der Waals surface area contributed by atoms with Crippen LogP contribution < -0.4 is 5.32 Å². The summed E-state index contributed by atoms with van der Waals surface area (Å²) in [6.45, 7) is 0. The van der Waals surface area contributed by atoms with Gasteiger partial charge in [0, 0.05) is 0 Å². The van der Waals surface area contributed by atoms with E-state index in [1.54, 1.807) is 7.05 Å². The number of fused-ring (bicyclic) bond motifs is 1. The molecule has 0 amide bonds. The van der Waals surface area contributed by atoms with Gasteiger partial charge in [0.1, 0.15) is 5.54 Å². The maximum atomic E-state index is 10.9. The lowest BCUT2D eigenvalue weighted by Gasteiger charge is -2.24. The van der Waals surface area contributed by atoms with Crippen molar-refractivity contribution >= 4 is 5.97 Å². The Bertz CT molecular complexity index is 192. The standard InChI is InChI=1S/C8H13NO2/c1-9-8(7(10)11)3-5-2-6(5)4-8/h5-6,9H,2-4H2,1H3,(H,10,11). The summed E-state index contributed by atoms with van der Waals surface area (Å²) in [6, 6.07) is 0. The molecule has 0 saturated heterocycles. The number of carboxylic acid groups (broad SMARTS) is 1. The Hall–Kier alpha value is -0.570. The van der Waals surface area contributed by atoms with Crippen LogP contribution in [0.1, 0.15) is 19.3 Å². The van der Waals surface area contributed by atoms with Crippen LogP contribution in [-0.2, 0) is 4.79 Å². The van der Waals surface area contributed by atoms with Gasteiger partial charge in [-0.15, -0.1) is 0 Å². The molecule has 0 bridgehead atoms. The van der Waals surface area contributed by atoms with Crippen molar-refractivity contribution in [1.82, 2.24) is 5.32 Å². The van der Waals surface area contributed by atoms with Gasteiger partial charge in [-0.25, -0.2) is 0 Å². The quantitative estimate of drug-likeness (QED) is 0.609. The minimum Gasteiger partial charge on any atom is -0.480 e. The highest BCUT2D eigenvalue weighted by molar-refractivity contribution is 5.79. The third-order valence-corrected chi connectivity index (χ3v) is 3.18. The van der Waals surface area contributed by atoms with E-state index in [1.165, 1.54) is 6.42 Å². The van der Waals surface area contributed by atoms with Crippen LogP contribution in [0.2, 0.25) is 0 Å². The molecule has 3 nitrogen and oxygen atoms in total. The number of carboxylic acids is 1. The molecule has 0 aromatic rings. The monoisotopic (exact) mass is 155 g/mol. The minimum atomic E-state index is -0.674. The lowest BCUT2D eigenvalue weighted by atomic mass is 9.94. The second kappa shape index (κ2) is 1.97. The Balaban J connectivity index is 2.13. The van der Waals surface area contributed by atoms with Gasteiger partial charge in [0.15, 0.2) is 0 Å². The molecule has 2 N–H and O–H groups in total. The second-order valence-electron chi connectivity index (χ2n) is 3.80. The van der Waals surface area contributed by atoms with Gasteiger partial charge in [-0.2, -0.15) is 0 Å². The molecule has 2 aliphatic rings. The van der Waals surface area contributed by atoms with Crippen molar-refractivity contribution in [3.63, 3.8) is 0 Å². The second-order valence-corrected chi connectivity index (χ2v) is 3.80. The van der Waals surface area contributed by atoms with Gasteiger partial charge in [-0.1, -0.05) is 0 Å². The van der Waals surface area contributed by atoms with Gasteiger partial charge in [-0.3, -0.25) is 4.79 Å². The van der Waals surface area contributed by atoms with Crippen molar-refractivity contribution in [2.45, 2.75) is 24.8 Å². The molecule has 3 heteroatoms. The van der Waals surface area contributed by atoms with E-state index in [-0.39, 0.29) is 0 Å². The van der Waals surface area contributed by atoms with Crippen molar-refractivity contribution in [2.24, 2.45) is 11.8 Å². The molecule has 0 aliphatic heterocycles. The number of nitrogens with one attached hydrogen (secondary N) is 1. The largest absolute Gasteiger partial charge is 0.480 e. The van der Waals surface area contributed by atoms with Gasteiger partial charge in [0.05, 0.1) is 0 Å². The van der Waals surface area contributed by atoms with Crippen LogP contribution in [-0.4, -0.2) is 23.7 Å². The Morgan fingerprint density at radius 2 is 2.09 bits per heavy atom. The van der Waals surface area contributed by atoms with Gasteiger partial charge in [0.25, 0.3) is 0 Å². The van der Waals surface area contributed by atoms with E-state index in [0.29, 0.717) is 11.8 Å². The highest BCUT2D eigenvalue weighted by Gasteiger charge is 2.56. The topological polar surface area (TPSA) is 49.3 Å². The highest BCUT2D eigenvalue weighted by atomic mass is 16.4. The summed E-state index contributed by atoms with van der Waals surface area (Å²) in [6.07, 6.45) is 2.93. The lowest BCUT2D eigenvalue weighted by molar-refractivity contribution is -0.144. The zero-order valence-corrected chi connectivity index (χ0v) is 6.63. The van der Waals surface area contributed by atoms with Crippen molar-refractivity contribution < 1.29 is 9.90 Å². The molecule has 2 unspecified atom stereocenters. The van der Waals surface area contributed by atoms with E-state index in [0.717, 1.165) is 12.8 Å². The average molecular weight is 155 g/mol. The molecule has 0 spiro atoms. The Morgan fingerprint density at radius 3 is 2.36 bits per heavy atom. The number of aliphatic carboxylic acids is 1. The highest BCUT2D eigenvalue weighted by Crippen LogP contribution is 2.55. The van der Waals surface area contributed by atoms with E-state index in [9.17, 15) is 4.79 Å². The van der Waals surface area contributed by atoms with E-state index in [4.69, 9.17) is 5.11 Å². The SMILES string of the molecule is CNC1(C(=O)O)CC2CC2C1. The molecule has 62 valence electrons. The summed E-state index contributed by atoms with van der Waals surface area (Å²) in [5, 5.41) is 11.9. The van der Waals surface area contributed by atoms with Crippen LogP contribution in [0.4, 0.5) is 0 Å². The van der Waals surface area contributed by atoms with Crippen molar-refractivity contribution in [2.75, 3.05) is 7.05 Å². The molecule has 11 heavy (non-hydrogen) atoms. The number of likely N-dealkylation sites (N-methyl/N-ethyl adjacent to an activating group) is 1. The Morgan fingerprint density at radius 1 is 1.55 bits per heavy atom. The number of rotatable bonds is 2. The minimum absolute atomic E-state index is 0.576. The summed E-state index contributed by atoms with van der Waals surface area (Å²) < 4.78 is 0. The predicted octanol–water partition coefficient (Wildman–Crippen LogP) is 0.459. The van der Waals surface area contributed by atoms with Gasteiger partial charge in [-0.05, 0) is 38.1 Å². The Kier molecular flexibility index (Phi) is 1.27. The molecule has 2 rings (SSSR count). The van der Waals surface area contributed by atoms with Gasteiger partial charge in [0.2, 0.25) is 0 Å². The predicted molar refractivity (Wildman–Crippen MR) is 40.3 cm³/mol. The smallest absolute Gasteiger partial charge is 0.323 e. The summed E-state index contributed by atoms with van der Waals surface area (Å²) in [4.78, 5) is 10.9. The Labute approximate surface area is 65.8 Å². The summed E-state index contributed by atoms with van der Waals surface area (Å²) in [5.74, 6) is 0.740. The normalized spacial score (nSPS) is 47.0. The van der Waals surface area contributed by atoms with Gasteiger partial charge < -0.3 is 10.4 Å². The first kappa shape index (κ1) is 7.10. The maximum absolute atomic E-state index is 10.9.